The number of nitrogens with zero attached hydrogens (tertiary/aromatic N) is 3. The maximum absolute atomic E-state index is 12.9. The minimum Gasteiger partial charge on any atom is -0.493 e. The van der Waals surface area contributed by atoms with Crippen molar-refractivity contribution in [3.63, 3.8) is 0 Å². The number of carbonyl (C=O) groups is 1. The van der Waals surface area contributed by atoms with Crippen LogP contribution in [0.4, 0.5) is 5.69 Å². The predicted molar refractivity (Wildman–Crippen MR) is 126 cm³/mol. The van der Waals surface area contributed by atoms with Crippen molar-refractivity contribution in [1.82, 2.24) is 14.5 Å². The van der Waals surface area contributed by atoms with Gasteiger partial charge < -0.3 is 24.1 Å². The summed E-state index contributed by atoms with van der Waals surface area (Å²) in [6, 6.07) is 10.1. The van der Waals surface area contributed by atoms with Gasteiger partial charge in [-0.05, 0) is 50.5 Å². The van der Waals surface area contributed by atoms with Crippen molar-refractivity contribution in [2.75, 3.05) is 33.1 Å². The maximum Gasteiger partial charge on any atom is 0.419 e. The van der Waals surface area contributed by atoms with Crippen molar-refractivity contribution in [2.45, 2.75) is 13.2 Å². The third-order valence-electron chi connectivity index (χ3n) is 4.98. The summed E-state index contributed by atoms with van der Waals surface area (Å²) in [6.45, 7) is 1.48. The highest BCUT2D eigenvalue weighted by Crippen LogP contribution is 2.29. The SMILES string of the molecule is COc1cc(C(=O)Nc2ccc3oc(=O)n(CCN(C)C)c3c2)ccc1OCc1cscn1. The van der Waals surface area contributed by atoms with Crippen LogP contribution >= 0.6 is 11.3 Å². The number of carbonyl (C=O) groups excluding carboxylic acids is 1. The zero-order chi connectivity index (χ0) is 23.4. The fraction of sp³-hybridized carbons (Fsp3) is 0.261. The number of rotatable bonds is 9. The van der Waals surface area contributed by atoms with Gasteiger partial charge >= 0.3 is 5.76 Å². The number of nitrogens with one attached hydrogen (secondary N) is 1. The van der Waals surface area contributed by atoms with Crippen molar-refractivity contribution in [3.8, 4) is 11.5 Å². The number of benzene rings is 2. The van der Waals surface area contributed by atoms with E-state index in [1.165, 1.54) is 18.4 Å². The molecule has 33 heavy (non-hydrogen) atoms. The van der Waals surface area contributed by atoms with Gasteiger partial charge in [0.25, 0.3) is 5.91 Å². The molecule has 0 bridgehead atoms. The summed E-state index contributed by atoms with van der Waals surface area (Å²) < 4.78 is 18.0. The van der Waals surface area contributed by atoms with E-state index in [1.807, 2.05) is 24.4 Å². The lowest BCUT2D eigenvalue weighted by Gasteiger charge is -2.12. The largest absolute Gasteiger partial charge is 0.493 e. The van der Waals surface area contributed by atoms with Crippen LogP contribution in [0.5, 0.6) is 11.5 Å². The van der Waals surface area contributed by atoms with E-state index in [-0.39, 0.29) is 5.91 Å². The Balaban J connectivity index is 1.51. The first-order valence-corrected chi connectivity index (χ1v) is 11.2. The Morgan fingerprint density at radius 2 is 2.06 bits per heavy atom. The third-order valence-corrected chi connectivity index (χ3v) is 5.62. The molecule has 0 unspecified atom stereocenters. The first-order chi connectivity index (χ1) is 15.9. The molecular weight excluding hydrogens is 444 g/mol. The van der Waals surface area contributed by atoms with Crippen molar-refractivity contribution in [3.05, 3.63) is 69.1 Å². The molecule has 172 valence electrons. The van der Waals surface area contributed by atoms with Gasteiger partial charge in [0.1, 0.15) is 6.61 Å². The molecule has 0 aliphatic heterocycles. The molecule has 0 saturated heterocycles. The molecule has 9 nitrogen and oxygen atoms in total. The molecule has 1 N–H and O–H groups in total. The Kier molecular flexibility index (Phi) is 6.76. The highest BCUT2D eigenvalue weighted by molar-refractivity contribution is 7.07. The molecule has 0 radical (unpaired) electrons. The summed E-state index contributed by atoms with van der Waals surface area (Å²) in [5.41, 5.74) is 4.62. The summed E-state index contributed by atoms with van der Waals surface area (Å²) in [4.78, 5) is 31.2. The van der Waals surface area contributed by atoms with Gasteiger partial charge in [-0.15, -0.1) is 11.3 Å². The standard InChI is InChI=1S/C23H24N4O5S/c1-26(2)8-9-27-18-11-16(5-7-19(18)32-23(27)29)25-22(28)15-4-6-20(21(10-15)30-3)31-12-17-13-33-14-24-17/h4-7,10-11,13-14H,8-9,12H2,1-3H3,(H,25,28). The van der Waals surface area contributed by atoms with Crippen molar-refractivity contribution in [1.29, 1.82) is 0 Å². The molecule has 0 saturated carbocycles. The van der Waals surface area contributed by atoms with E-state index in [2.05, 4.69) is 10.3 Å². The van der Waals surface area contributed by atoms with E-state index in [0.29, 0.717) is 53.5 Å². The number of anilines is 1. The Hall–Kier alpha value is -3.63. The lowest BCUT2D eigenvalue weighted by atomic mass is 10.1. The molecule has 10 heteroatoms. The minimum absolute atomic E-state index is 0.311. The number of oxazole rings is 1. The van der Waals surface area contributed by atoms with Gasteiger partial charge in [-0.3, -0.25) is 9.36 Å². The van der Waals surface area contributed by atoms with Gasteiger partial charge in [-0.2, -0.15) is 0 Å². The van der Waals surface area contributed by atoms with Crippen LogP contribution in [0.1, 0.15) is 16.1 Å². The first-order valence-electron chi connectivity index (χ1n) is 10.2. The molecule has 1 amide bonds. The van der Waals surface area contributed by atoms with Gasteiger partial charge in [0.2, 0.25) is 0 Å². The molecule has 0 spiro atoms. The van der Waals surface area contributed by atoms with E-state index in [4.69, 9.17) is 13.9 Å². The second-order valence-corrected chi connectivity index (χ2v) is 8.31. The molecule has 0 atom stereocenters. The molecule has 4 aromatic rings. The number of hydrogen-bond donors (Lipinski definition) is 1. The molecule has 2 aromatic heterocycles. The Morgan fingerprint density at radius 1 is 1.21 bits per heavy atom. The zero-order valence-corrected chi connectivity index (χ0v) is 19.3. The minimum atomic E-state index is -0.423. The molecular formula is C23H24N4O5S. The highest BCUT2D eigenvalue weighted by Gasteiger charge is 2.14. The number of amides is 1. The first kappa shape index (κ1) is 22.6. The summed E-state index contributed by atoms with van der Waals surface area (Å²) in [6.07, 6.45) is 0. The van der Waals surface area contributed by atoms with Crippen LogP contribution in [0.2, 0.25) is 0 Å². The van der Waals surface area contributed by atoms with Crippen LogP contribution in [0, 0.1) is 0 Å². The average Bonchev–Trinajstić information content (AvgIpc) is 3.43. The van der Waals surface area contributed by atoms with Gasteiger partial charge in [0.15, 0.2) is 17.1 Å². The van der Waals surface area contributed by atoms with Crippen LogP contribution in [0.3, 0.4) is 0 Å². The van der Waals surface area contributed by atoms with Crippen molar-refractivity contribution < 1.29 is 18.7 Å². The predicted octanol–water partition coefficient (Wildman–Crippen LogP) is 3.45. The zero-order valence-electron chi connectivity index (χ0n) is 18.5. The fourth-order valence-electron chi connectivity index (χ4n) is 3.24. The average molecular weight is 469 g/mol. The second kappa shape index (κ2) is 9.88. The van der Waals surface area contributed by atoms with Crippen LogP contribution in [0.25, 0.3) is 11.1 Å². The molecule has 0 fully saturated rings. The number of aromatic nitrogens is 2. The topological polar surface area (TPSA) is 98.8 Å². The summed E-state index contributed by atoms with van der Waals surface area (Å²) >= 11 is 1.50. The Labute approximate surface area is 194 Å². The van der Waals surface area contributed by atoms with Gasteiger partial charge in [0, 0.05) is 29.7 Å². The van der Waals surface area contributed by atoms with E-state index in [9.17, 15) is 9.59 Å². The Bertz CT molecular complexity index is 1310. The van der Waals surface area contributed by atoms with Crippen LogP contribution in [-0.2, 0) is 13.2 Å². The third kappa shape index (κ3) is 5.24. The van der Waals surface area contributed by atoms with Crippen LogP contribution < -0.4 is 20.5 Å². The summed E-state index contributed by atoms with van der Waals surface area (Å²) in [5, 5.41) is 4.77. The van der Waals surface area contributed by atoms with Gasteiger partial charge in [0.05, 0.1) is 23.8 Å². The Morgan fingerprint density at radius 3 is 2.79 bits per heavy atom. The number of ether oxygens (including phenoxy) is 2. The number of methoxy groups -OCH3 is 1. The van der Waals surface area contributed by atoms with Gasteiger partial charge in [-0.25, -0.2) is 9.78 Å². The molecule has 2 aromatic carbocycles. The lowest BCUT2D eigenvalue weighted by Crippen LogP contribution is -2.23. The number of likely N-dealkylation sites (N-methyl/N-ethyl adjacent to an activating group) is 1. The monoisotopic (exact) mass is 468 g/mol. The maximum atomic E-state index is 12.9. The highest BCUT2D eigenvalue weighted by atomic mass is 32.1. The quantitative estimate of drug-likeness (QED) is 0.402. The second-order valence-electron chi connectivity index (χ2n) is 7.59. The summed E-state index contributed by atoms with van der Waals surface area (Å²) in [7, 11) is 5.39. The van der Waals surface area contributed by atoms with Crippen LogP contribution in [0.15, 0.2) is 56.5 Å². The summed E-state index contributed by atoms with van der Waals surface area (Å²) in [5.74, 6) is 0.227. The number of fused-ring (bicyclic) bond motifs is 1. The van der Waals surface area contributed by atoms with Gasteiger partial charge in [-0.1, -0.05) is 0 Å². The molecule has 0 aliphatic rings. The van der Waals surface area contributed by atoms with Crippen LogP contribution in [-0.4, -0.2) is 48.1 Å². The number of thiazole rings is 1. The molecule has 2 heterocycles. The number of hydrogen-bond acceptors (Lipinski definition) is 8. The van der Waals surface area contributed by atoms with Crippen molar-refractivity contribution in [2.24, 2.45) is 0 Å². The molecule has 0 aliphatic carbocycles. The van der Waals surface area contributed by atoms with E-state index >= 15 is 0 Å². The van der Waals surface area contributed by atoms with Crippen molar-refractivity contribution >= 4 is 34.0 Å². The smallest absolute Gasteiger partial charge is 0.419 e. The normalized spacial score (nSPS) is 11.2. The molecule has 4 rings (SSSR count). The fourth-order valence-corrected chi connectivity index (χ4v) is 3.79. The van der Waals surface area contributed by atoms with E-state index in [1.54, 1.807) is 46.5 Å². The van der Waals surface area contributed by atoms with E-state index in [0.717, 1.165) is 5.69 Å². The lowest BCUT2D eigenvalue weighted by molar-refractivity contribution is 0.102. The van der Waals surface area contributed by atoms with E-state index < -0.39 is 5.76 Å².